The molecule has 0 fully saturated rings. The fourth-order valence-electron chi connectivity index (χ4n) is 2.73. The predicted octanol–water partition coefficient (Wildman–Crippen LogP) is 4.09. The third kappa shape index (κ3) is 4.33. The van der Waals surface area contributed by atoms with Crippen LogP contribution in [0.2, 0.25) is 0 Å². The first-order valence-corrected chi connectivity index (χ1v) is 8.35. The molecular weight excluding hydrogens is 278 g/mol. The molecule has 1 aliphatic rings. The van der Waals surface area contributed by atoms with E-state index in [2.05, 4.69) is 12.2 Å². The van der Waals surface area contributed by atoms with Gasteiger partial charge < -0.3 is 4.74 Å². The van der Waals surface area contributed by atoms with Crippen LogP contribution in [-0.4, -0.2) is 18.4 Å². The average Bonchev–Trinajstić information content (AvgIpc) is 2.81. The SMILES string of the molecule is CCCCCCCCCCOc1cccc2c1C(=O)NC2=O. The minimum Gasteiger partial charge on any atom is -0.493 e. The van der Waals surface area contributed by atoms with E-state index in [4.69, 9.17) is 4.74 Å². The number of imide groups is 1. The molecule has 0 atom stereocenters. The molecule has 0 saturated carbocycles. The van der Waals surface area contributed by atoms with Crippen LogP contribution in [0.25, 0.3) is 0 Å². The van der Waals surface area contributed by atoms with Crippen LogP contribution >= 0.6 is 0 Å². The highest BCUT2D eigenvalue weighted by molar-refractivity contribution is 6.22. The number of amides is 2. The van der Waals surface area contributed by atoms with Crippen molar-refractivity contribution in [2.45, 2.75) is 58.3 Å². The zero-order chi connectivity index (χ0) is 15.8. The van der Waals surface area contributed by atoms with E-state index < -0.39 is 0 Å². The van der Waals surface area contributed by atoms with Gasteiger partial charge >= 0.3 is 0 Å². The molecule has 4 nitrogen and oxygen atoms in total. The number of carbonyl (C=O) groups is 2. The van der Waals surface area contributed by atoms with E-state index in [0.717, 1.165) is 12.8 Å². The van der Waals surface area contributed by atoms with Crippen molar-refractivity contribution in [3.63, 3.8) is 0 Å². The zero-order valence-electron chi connectivity index (χ0n) is 13.3. The number of unbranched alkanes of at least 4 members (excludes halogenated alkanes) is 7. The molecule has 2 amide bonds. The van der Waals surface area contributed by atoms with Crippen molar-refractivity contribution in [1.29, 1.82) is 0 Å². The highest BCUT2D eigenvalue weighted by Crippen LogP contribution is 2.26. The lowest BCUT2D eigenvalue weighted by molar-refractivity contribution is 0.0878. The summed E-state index contributed by atoms with van der Waals surface area (Å²) in [5, 5.41) is 2.30. The van der Waals surface area contributed by atoms with Gasteiger partial charge in [-0.15, -0.1) is 0 Å². The molecule has 1 aromatic rings. The first-order chi connectivity index (χ1) is 10.7. The normalized spacial score (nSPS) is 13.1. The number of ether oxygens (including phenoxy) is 1. The van der Waals surface area contributed by atoms with Gasteiger partial charge in [0.1, 0.15) is 5.75 Å². The third-order valence-corrected chi connectivity index (χ3v) is 3.98. The minimum absolute atomic E-state index is 0.336. The van der Waals surface area contributed by atoms with Crippen molar-refractivity contribution >= 4 is 11.8 Å². The average molecular weight is 303 g/mol. The lowest BCUT2D eigenvalue weighted by atomic mass is 10.1. The maximum atomic E-state index is 11.7. The molecule has 120 valence electrons. The number of nitrogens with one attached hydrogen (secondary N) is 1. The molecule has 0 radical (unpaired) electrons. The number of rotatable bonds is 10. The Labute approximate surface area is 132 Å². The Hall–Kier alpha value is -1.84. The molecule has 4 heteroatoms. The standard InChI is InChI=1S/C18H25NO3/c1-2-3-4-5-6-7-8-9-13-22-15-12-10-11-14-16(15)18(21)19-17(14)20/h10-12H,2-9,13H2,1H3,(H,19,20,21). The molecule has 1 heterocycles. The van der Waals surface area contributed by atoms with Gasteiger partial charge in [0.15, 0.2) is 0 Å². The van der Waals surface area contributed by atoms with Crippen molar-refractivity contribution in [1.82, 2.24) is 5.32 Å². The van der Waals surface area contributed by atoms with Crippen LogP contribution in [0.5, 0.6) is 5.75 Å². The fraction of sp³-hybridized carbons (Fsp3) is 0.556. The van der Waals surface area contributed by atoms with Gasteiger partial charge in [-0.3, -0.25) is 14.9 Å². The number of hydrogen-bond donors (Lipinski definition) is 1. The molecule has 0 aliphatic carbocycles. The van der Waals surface area contributed by atoms with Crippen LogP contribution in [0.3, 0.4) is 0 Å². The summed E-state index contributed by atoms with van der Waals surface area (Å²) in [5.74, 6) is -0.173. The fourth-order valence-corrected chi connectivity index (χ4v) is 2.73. The smallest absolute Gasteiger partial charge is 0.262 e. The topological polar surface area (TPSA) is 55.4 Å². The highest BCUT2D eigenvalue weighted by Gasteiger charge is 2.29. The van der Waals surface area contributed by atoms with Gasteiger partial charge in [0, 0.05) is 0 Å². The molecule has 1 aromatic carbocycles. The van der Waals surface area contributed by atoms with Crippen molar-refractivity contribution in [3.8, 4) is 5.75 Å². The van der Waals surface area contributed by atoms with E-state index in [9.17, 15) is 9.59 Å². The largest absolute Gasteiger partial charge is 0.493 e. The second-order valence-corrected chi connectivity index (χ2v) is 5.79. The number of carbonyl (C=O) groups excluding carboxylic acids is 2. The Bertz CT molecular complexity index is 525. The maximum Gasteiger partial charge on any atom is 0.262 e. The molecule has 1 N–H and O–H groups in total. The Morgan fingerprint density at radius 2 is 1.59 bits per heavy atom. The highest BCUT2D eigenvalue weighted by atomic mass is 16.5. The van der Waals surface area contributed by atoms with E-state index >= 15 is 0 Å². The van der Waals surface area contributed by atoms with Crippen molar-refractivity contribution < 1.29 is 14.3 Å². The third-order valence-electron chi connectivity index (χ3n) is 3.98. The van der Waals surface area contributed by atoms with Crippen molar-refractivity contribution in [2.24, 2.45) is 0 Å². The summed E-state index contributed by atoms with van der Waals surface area (Å²) in [6.45, 7) is 2.82. The van der Waals surface area contributed by atoms with Gasteiger partial charge in [-0.25, -0.2) is 0 Å². The second kappa shape index (κ2) is 8.57. The molecule has 22 heavy (non-hydrogen) atoms. The lowest BCUT2D eigenvalue weighted by Crippen LogP contribution is -2.20. The van der Waals surface area contributed by atoms with Gasteiger partial charge in [0.25, 0.3) is 11.8 Å². The number of hydrogen-bond acceptors (Lipinski definition) is 3. The van der Waals surface area contributed by atoms with E-state index in [1.165, 1.54) is 38.5 Å². The van der Waals surface area contributed by atoms with E-state index in [1.54, 1.807) is 18.2 Å². The van der Waals surface area contributed by atoms with Crippen molar-refractivity contribution in [3.05, 3.63) is 29.3 Å². The molecule has 2 rings (SSSR count). The summed E-state index contributed by atoms with van der Waals surface area (Å²) < 4.78 is 5.70. The van der Waals surface area contributed by atoms with E-state index in [-0.39, 0.29) is 11.8 Å². The van der Waals surface area contributed by atoms with Crippen LogP contribution in [-0.2, 0) is 0 Å². The summed E-state index contributed by atoms with van der Waals surface area (Å²) in [5.41, 5.74) is 0.797. The van der Waals surface area contributed by atoms with Gasteiger partial charge in [-0.2, -0.15) is 0 Å². The molecule has 0 aromatic heterocycles. The van der Waals surface area contributed by atoms with Gasteiger partial charge in [0.05, 0.1) is 17.7 Å². The van der Waals surface area contributed by atoms with Gasteiger partial charge in [-0.1, -0.05) is 57.9 Å². The van der Waals surface area contributed by atoms with Crippen LogP contribution in [0.1, 0.15) is 79.0 Å². The van der Waals surface area contributed by atoms with Crippen molar-refractivity contribution in [2.75, 3.05) is 6.61 Å². The molecule has 0 unspecified atom stereocenters. The second-order valence-electron chi connectivity index (χ2n) is 5.79. The maximum absolute atomic E-state index is 11.7. The molecule has 1 aliphatic heterocycles. The molecular formula is C18H25NO3. The predicted molar refractivity (Wildman–Crippen MR) is 86.3 cm³/mol. The van der Waals surface area contributed by atoms with Crippen LogP contribution in [0.4, 0.5) is 0 Å². The van der Waals surface area contributed by atoms with Crippen LogP contribution in [0, 0.1) is 0 Å². The Balaban J connectivity index is 1.68. The van der Waals surface area contributed by atoms with E-state index in [1.807, 2.05) is 0 Å². The number of fused-ring (bicyclic) bond motifs is 1. The summed E-state index contributed by atoms with van der Waals surface area (Å²) in [6, 6.07) is 5.15. The number of benzene rings is 1. The first kappa shape index (κ1) is 16.5. The monoisotopic (exact) mass is 303 g/mol. The zero-order valence-corrected chi connectivity index (χ0v) is 13.3. The van der Waals surface area contributed by atoms with E-state index in [0.29, 0.717) is 23.5 Å². The lowest BCUT2D eigenvalue weighted by Gasteiger charge is -2.08. The molecule has 0 bridgehead atoms. The van der Waals surface area contributed by atoms with Crippen LogP contribution in [0.15, 0.2) is 18.2 Å². The summed E-state index contributed by atoms with van der Waals surface area (Å²) >= 11 is 0. The Morgan fingerprint density at radius 3 is 2.32 bits per heavy atom. The first-order valence-electron chi connectivity index (χ1n) is 8.35. The summed E-state index contributed by atoms with van der Waals surface area (Å²) in [4.78, 5) is 23.3. The molecule has 0 spiro atoms. The molecule has 0 saturated heterocycles. The summed E-state index contributed by atoms with van der Waals surface area (Å²) in [7, 11) is 0. The van der Waals surface area contributed by atoms with Crippen LogP contribution < -0.4 is 10.1 Å². The Morgan fingerprint density at radius 1 is 0.909 bits per heavy atom. The minimum atomic E-state index is -0.355. The summed E-state index contributed by atoms with van der Waals surface area (Å²) in [6.07, 6.45) is 9.93. The quantitative estimate of drug-likeness (QED) is 0.523. The Kier molecular flexibility index (Phi) is 6.44. The van der Waals surface area contributed by atoms with Gasteiger partial charge in [-0.05, 0) is 18.6 Å². The van der Waals surface area contributed by atoms with Gasteiger partial charge in [0.2, 0.25) is 0 Å².